The number of carbonyl (C=O) groups is 1. The third-order valence-electron chi connectivity index (χ3n) is 1.80. The summed E-state index contributed by atoms with van der Waals surface area (Å²) < 4.78 is 40.5. The maximum atomic E-state index is 11.9. The van der Waals surface area contributed by atoms with Gasteiger partial charge in [0.15, 0.2) is 0 Å². The van der Waals surface area contributed by atoms with E-state index in [4.69, 9.17) is 4.74 Å². The summed E-state index contributed by atoms with van der Waals surface area (Å²) in [6.07, 6.45) is -3.23. The highest BCUT2D eigenvalue weighted by molar-refractivity contribution is 5.97. The lowest BCUT2D eigenvalue weighted by Gasteiger charge is -2.01. The van der Waals surface area contributed by atoms with Crippen molar-refractivity contribution in [1.82, 2.24) is 0 Å². The van der Waals surface area contributed by atoms with E-state index in [-0.39, 0.29) is 0 Å². The fraction of sp³-hybridized carbons (Fsp3) is 0.182. The molecule has 0 spiro atoms. The molecule has 0 aliphatic carbocycles. The average molecular weight is 230 g/mol. The van der Waals surface area contributed by atoms with Crippen LogP contribution >= 0.6 is 0 Å². The lowest BCUT2D eigenvalue weighted by Crippen LogP contribution is -2.19. The zero-order chi connectivity index (χ0) is 12.2. The number of allylic oxidation sites excluding steroid dienone is 1. The molecule has 0 atom stereocenters. The molecule has 0 aliphatic rings. The second-order valence-electron chi connectivity index (χ2n) is 2.97. The van der Waals surface area contributed by atoms with Crippen LogP contribution < -0.4 is 4.74 Å². The predicted octanol–water partition coefficient (Wildman–Crippen LogP) is 2.84. The molecule has 0 aliphatic heterocycles. The number of halogens is 3. The summed E-state index contributed by atoms with van der Waals surface area (Å²) in [6, 6.07) is 6.38. The number of methoxy groups -OCH3 is 1. The van der Waals surface area contributed by atoms with E-state index in [1.807, 2.05) is 0 Å². The summed E-state index contributed by atoms with van der Waals surface area (Å²) in [5.41, 5.74) is 0.469. The molecule has 1 rings (SSSR count). The van der Waals surface area contributed by atoms with Crippen molar-refractivity contribution in [3.05, 3.63) is 35.9 Å². The van der Waals surface area contributed by atoms with Crippen molar-refractivity contribution >= 4 is 11.9 Å². The van der Waals surface area contributed by atoms with Gasteiger partial charge in [0.1, 0.15) is 5.75 Å². The molecule has 0 heterocycles. The Balaban J connectivity index is 2.80. The molecule has 0 unspecified atom stereocenters. The van der Waals surface area contributed by atoms with Crippen molar-refractivity contribution in [3.8, 4) is 5.75 Å². The molecule has 1 aromatic rings. The van der Waals surface area contributed by atoms with E-state index in [9.17, 15) is 18.0 Å². The molecule has 0 N–H and O–H groups in total. The molecule has 0 amide bonds. The van der Waals surface area contributed by atoms with Crippen LogP contribution in [0.15, 0.2) is 30.3 Å². The molecule has 16 heavy (non-hydrogen) atoms. The van der Waals surface area contributed by atoms with Gasteiger partial charge in [0.2, 0.25) is 0 Å². The standard InChI is InChI=1S/C11H9F3O2/c1-16-9-4-2-3-8(7-9)5-6-10(15)11(12,13)14/h2-7H,1H3. The highest BCUT2D eigenvalue weighted by atomic mass is 19.4. The lowest BCUT2D eigenvalue weighted by atomic mass is 10.2. The van der Waals surface area contributed by atoms with Crippen LogP contribution in [0.4, 0.5) is 13.2 Å². The van der Waals surface area contributed by atoms with E-state index in [2.05, 4.69) is 0 Å². The SMILES string of the molecule is COc1cccc(C=CC(=O)C(F)(F)F)c1. The Kier molecular flexibility index (Phi) is 3.71. The number of hydrogen-bond donors (Lipinski definition) is 0. The quantitative estimate of drug-likeness (QED) is 0.746. The number of rotatable bonds is 3. The summed E-state index contributed by atoms with van der Waals surface area (Å²) in [6.45, 7) is 0. The molecule has 0 aromatic heterocycles. The molecular formula is C11H9F3O2. The van der Waals surface area contributed by atoms with Gasteiger partial charge in [-0.1, -0.05) is 18.2 Å². The Bertz CT molecular complexity index is 408. The fourth-order valence-electron chi connectivity index (χ4n) is 1.01. The van der Waals surface area contributed by atoms with E-state index >= 15 is 0 Å². The predicted molar refractivity (Wildman–Crippen MR) is 53.1 cm³/mol. The molecule has 0 saturated heterocycles. The molecule has 0 saturated carbocycles. The number of hydrogen-bond acceptors (Lipinski definition) is 2. The van der Waals surface area contributed by atoms with E-state index in [1.54, 1.807) is 18.2 Å². The first-order chi connectivity index (χ1) is 7.43. The lowest BCUT2D eigenvalue weighted by molar-refractivity contribution is -0.165. The van der Waals surface area contributed by atoms with Crippen molar-refractivity contribution in [1.29, 1.82) is 0 Å². The van der Waals surface area contributed by atoms with E-state index in [0.717, 1.165) is 6.08 Å². The number of ether oxygens (including phenoxy) is 1. The minimum absolute atomic E-state index is 0.469. The fourth-order valence-corrected chi connectivity index (χ4v) is 1.01. The van der Waals surface area contributed by atoms with Crippen LogP contribution in [-0.4, -0.2) is 19.1 Å². The molecule has 0 radical (unpaired) electrons. The summed E-state index contributed by atoms with van der Waals surface area (Å²) in [7, 11) is 1.45. The Morgan fingerprint density at radius 2 is 2.06 bits per heavy atom. The van der Waals surface area contributed by atoms with Crippen molar-refractivity contribution in [3.63, 3.8) is 0 Å². The van der Waals surface area contributed by atoms with E-state index in [1.165, 1.54) is 13.2 Å². The van der Waals surface area contributed by atoms with Gasteiger partial charge in [-0.05, 0) is 23.8 Å². The van der Waals surface area contributed by atoms with Crippen LogP contribution in [-0.2, 0) is 4.79 Å². The molecule has 0 bridgehead atoms. The largest absolute Gasteiger partial charge is 0.497 e. The number of alkyl halides is 3. The van der Waals surface area contributed by atoms with Crippen molar-refractivity contribution in [2.75, 3.05) is 7.11 Å². The van der Waals surface area contributed by atoms with Gasteiger partial charge in [0, 0.05) is 0 Å². The third kappa shape index (κ3) is 3.42. The van der Waals surface area contributed by atoms with Crippen LogP contribution in [0.3, 0.4) is 0 Å². The topological polar surface area (TPSA) is 26.3 Å². The second kappa shape index (κ2) is 4.83. The normalized spacial score (nSPS) is 11.8. The number of carbonyl (C=O) groups excluding carboxylic acids is 1. The smallest absolute Gasteiger partial charge is 0.454 e. The van der Waals surface area contributed by atoms with Gasteiger partial charge in [-0.3, -0.25) is 4.79 Å². The summed E-state index contributed by atoms with van der Waals surface area (Å²) in [5.74, 6) is -1.36. The first-order valence-electron chi connectivity index (χ1n) is 4.37. The number of benzene rings is 1. The first kappa shape index (κ1) is 12.3. The molecule has 5 heteroatoms. The van der Waals surface area contributed by atoms with Gasteiger partial charge >= 0.3 is 6.18 Å². The monoisotopic (exact) mass is 230 g/mol. The van der Waals surface area contributed by atoms with Crippen molar-refractivity contribution in [2.24, 2.45) is 0 Å². The zero-order valence-corrected chi connectivity index (χ0v) is 8.41. The Morgan fingerprint density at radius 1 is 1.38 bits per heavy atom. The van der Waals surface area contributed by atoms with E-state index < -0.39 is 12.0 Å². The summed E-state index contributed by atoms with van der Waals surface area (Å²) in [5, 5.41) is 0. The van der Waals surface area contributed by atoms with Crippen LogP contribution in [0.5, 0.6) is 5.75 Å². The first-order valence-corrected chi connectivity index (χ1v) is 4.37. The maximum Gasteiger partial charge on any atom is 0.454 e. The molecule has 2 nitrogen and oxygen atoms in total. The number of ketones is 1. The van der Waals surface area contributed by atoms with Gasteiger partial charge in [-0.15, -0.1) is 0 Å². The summed E-state index contributed by atoms with van der Waals surface area (Å²) in [4.78, 5) is 10.5. The highest BCUT2D eigenvalue weighted by Crippen LogP contribution is 2.18. The van der Waals surface area contributed by atoms with Gasteiger partial charge in [-0.25, -0.2) is 0 Å². The van der Waals surface area contributed by atoms with Crippen LogP contribution in [0.1, 0.15) is 5.56 Å². The minimum Gasteiger partial charge on any atom is -0.497 e. The molecule has 0 fully saturated rings. The maximum absolute atomic E-state index is 11.9. The Morgan fingerprint density at radius 3 is 2.62 bits per heavy atom. The minimum atomic E-state index is -4.82. The van der Waals surface area contributed by atoms with Crippen molar-refractivity contribution < 1.29 is 22.7 Å². The van der Waals surface area contributed by atoms with Gasteiger partial charge < -0.3 is 4.74 Å². The molecule has 86 valence electrons. The summed E-state index contributed by atoms with van der Waals surface area (Å²) >= 11 is 0. The Hall–Kier alpha value is -1.78. The molecule has 1 aromatic carbocycles. The zero-order valence-electron chi connectivity index (χ0n) is 8.41. The third-order valence-corrected chi connectivity index (χ3v) is 1.80. The van der Waals surface area contributed by atoms with Crippen molar-refractivity contribution in [2.45, 2.75) is 6.18 Å². The van der Waals surface area contributed by atoms with Gasteiger partial charge in [0.25, 0.3) is 5.78 Å². The second-order valence-corrected chi connectivity index (χ2v) is 2.97. The van der Waals surface area contributed by atoms with Crippen LogP contribution in [0.25, 0.3) is 6.08 Å². The van der Waals surface area contributed by atoms with Gasteiger partial charge in [-0.2, -0.15) is 13.2 Å². The average Bonchev–Trinajstić information content (AvgIpc) is 2.25. The Labute approximate surface area is 90.3 Å². The van der Waals surface area contributed by atoms with E-state index in [0.29, 0.717) is 17.4 Å². The molecular weight excluding hydrogens is 221 g/mol. The van der Waals surface area contributed by atoms with Crippen LogP contribution in [0, 0.1) is 0 Å². The highest BCUT2D eigenvalue weighted by Gasteiger charge is 2.35. The van der Waals surface area contributed by atoms with Crippen LogP contribution in [0.2, 0.25) is 0 Å². The van der Waals surface area contributed by atoms with Gasteiger partial charge in [0.05, 0.1) is 7.11 Å².